The smallest absolute Gasteiger partial charge is 0.287 e. The summed E-state index contributed by atoms with van der Waals surface area (Å²) in [4.78, 5) is -0.229. The van der Waals surface area contributed by atoms with Crippen LogP contribution in [-0.4, -0.2) is 57.6 Å². The highest BCUT2D eigenvalue weighted by Crippen LogP contribution is 2.33. The first kappa shape index (κ1) is 22.6. The van der Waals surface area contributed by atoms with E-state index in [9.17, 15) is 16.8 Å². The molecule has 1 aromatic heterocycles. The standard InChI is InChI=1S/C19H27N3O6S2/c1-13-7-6-10-21(12-13)30(25,26)19-14(2)20-22(15(19)3)29(23,24)18-11-16(27-4)8-9-17(18)28-5/h8-9,11,13H,6-7,10,12H2,1-5H3/t13-/m1/s1. The van der Waals surface area contributed by atoms with Crippen LogP contribution in [0.1, 0.15) is 31.2 Å². The average Bonchev–Trinajstić information content (AvgIpc) is 3.02. The molecule has 0 aliphatic carbocycles. The van der Waals surface area contributed by atoms with Crippen molar-refractivity contribution in [1.82, 2.24) is 13.5 Å². The average molecular weight is 458 g/mol. The maximum Gasteiger partial charge on any atom is 0.287 e. The fourth-order valence-corrected chi connectivity index (χ4v) is 7.33. The monoisotopic (exact) mass is 457 g/mol. The number of sulfonamides is 1. The van der Waals surface area contributed by atoms with E-state index in [2.05, 4.69) is 5.10 Å². The molecule has 11 heteroatoms. The third-order valence-electron chi connectivity index (χ3n) is 5.28. The van der Waals surface area contributed by atoms with Crippen molar-refractivity contribution in [3.8, 4) is 11.5 Å². The lowest BCUT2D eigenvalue weighted by Crippen LogP contribution is -2.39. The third-order valence-corrected chi connectivity index (χ3v) is 9.08. The number of ether oxygens (including phenoxy) is 2. The first-order valence-electron chi connectivity index (χ1n) is 9.58. The molecule has 30 heavy (non-hydrogen) atoms. The zero-order valence-electron chi connectivity index (χ0n) is 17.7. The highest BCUT2D eigenvalue weighted by Gasteiger charge is 2.36. The Kier molecular flexibility index (Phi) is 6.17. The zero-order chi connectivity index (χ0) is 22.3. The van der Waals surface area contributed by atoms with Gasteiger partial charge in [0.15, 0.2) is 0 Å². The Morgan fingerprint density at radius 3 is 2.37 bits per heavy atom. The largest absolute Gasteiger partial charge is 0.497 e. The van der Waals surface area contributed by atoms with Gasteiger partial charge in [0, 0.05) is 19.2 Å². The second kappa shape index (κ2) is 8.20. The number of nitrogens with zero attached hydrogens (tertiary/aromatic N) is 3. The maximum absolute atomic E-state index is 13.4. The Hall–Kier alpha value is -2.11. The van der Waals surface area contributed by atoms with Crippen molar-refractivity contribution in [2.45, 2.75) is 43.4 Å². The molecule has 2 aromatic rings. The molecule has 3 rings (SSSR count). The topological polar surface area (TPSA) is 108 Å². The molecule has 0 saturated carbocycles. The Morgan fingerprint density at radius 1 is 1.07 bits per heavy atom. The van der Waals surface area contributed by atoms with E-state index in [4.69, 9.17) is 9.47 Å². The van der Waals surface area contributed by atoms with Gasteiger partial charge in [-0.15, -0.1) is 0 Å². The van der Waals surface area contributed by atoms with Crippen molar-refractivity contribution in [2.75, 3.05) is 27.3 Å². The van der Waals surface area contributed by atoms with Gasteiger partial charge in [-0.2, -0.15) is 21.9 Å². The number of hydrogen-bond donors (Lipinski definition) is 0. The number of rotatable bonds is 6. The predicted octanol–water partition coefficient (Wildman–Crippen LogP) is 2.17. The van der Waals surface area contributed by atoms with Gasteiger partial charge >= 0.3 is 0 Å². The molecule has 0 bridgehead atoms. The van der Waals surface area contributed by atoms with Crippen LogP contribution in [0.5, 0.6) is 11.5 Å². The van der Waals surface area contributed by atoms with Gasteiger partial charge in [-0.25, -0.2) is 8.42 Å². The number of hydrogen-bond acceptors (Lipinski definition) is 7. The van der Waals surface area contributed by atoms with Crippen LogP contribution in [0.4, 0.5) is 0 Å². The van der Waals surface area contributed by atoms with Crippen LogP contribution in [0.15, 0.2) is 28.0 Å². The van der Waals surface area contributed by atoms with Gasteiger partial charge in [0.05, 0.1) is 25.6 Å². The molecule has 166 valence electrons. The van der Waals surface area contributed by atoms with Gasteiger partial charge in [0.2, 0.25) is 10.0 Å². The summed E-state index contributed by atoms with van der Waals surface area (Å²) in [5.74, 6) is 0.678. The quantitative estimate of drug-likeness (QED) is 0.654. The maximum atomic E-state index is 13.4. The number of piperidine rings is 1. The second-order valence-electron chi connectivity index (χ2n) is 7.48. The zero-order valence-corrected chi connectivity index (χ0v) is 19.4. The Morgan fingerprint density at radius 2 is 1.77 bits per heavy atom. The first-order chi connectivity index (χ1) is 14.0. The Balaban J connectivity index is 2.14. The molecule has 1 aliphatic rings. The normalized spacial score (nSPS) is 18.4. The summed E-state index contributed by atoms with van der Waals surface area (Å²) in [5, 5.41) is 4.10. The third kappa shape index (κ3) is 3.81. The van der Waals surface area contributed by atoms with Gasteiger partial charge in [-0.3, -0.25) is 0 Å². The van der Waals surface area contributed by atoms with Crippen LogP contribution >= 0.6 is 0 Å². The molecule has 0 unspecified atom stereocenters. The lowest BCUT2D eigenvalue weighted by atomic mass is 10.0. The Bertz CT molecular complexity index is 1160. The van der Waals surface area contributed by atoms with Crippen LogP contribution in [0, 0.1) is 19.8 Å². The van der Waals surface area contributed by atoms with Crippen LogP contribution < -0.4 is 9.47 Å². The molecule has 1 atom stereocenters. The van der Waals surface area contributed by atoms with Crippen molar-refractivity contribution in [2.24, 2.45) is 5.92 Å². The van der Waals surface area contributed by atoms with Gasteiger partial charge < -0.3 is 9.47 Å². The summed E-state index contributed by atoms with van der Waals surface area (Å²) >= 11 is 0. The molecule has 1 fully saturated rings. The highest BCUT2D eigenvalue weighted by molar-refractivity contribution is 7.90. The molecule has 0 amide bonds. The summed E-state index contributed by atoms with van der Waals surface area (Å²) in [6, 6.07) is 4.38. The van der Waals surface area contributed by atoms with Gasteiger partial charge in [-0.05, 0) is 44.7 Å². The summed E-state index contributed by atoms with van der Waals surface area (Å²) in [6.07, 6.45) is 1.74. The molecule has 1 aromatic carbocycles. The molecule has 1 saturated heterocycles. The van der Waals surface area contributed by atoms with E-state index in [1.807, 2.05) is 6.92 Å². The molecule has 0 N–H and O–H groups in total. The summed E-state index contributed by atoms with van der Waals surface area (Å²) in [7, 11) is -5.33. The SMILES string of the molecule is COc1ccc(OC)c(S(=O)(=O)n2nc(C)c(S(=O)(=O)N3CCC[C@@H](C)C3)c2C)c1. The first-order valence-corrected chi connectivity index (χ1v) is 12.5. The number of aromatic nitrogens is 2. The predicted molar refractivity (Wildman–Crippen MR) is 111 cm³/mol. The molecule has 1 aliphatic heterocycles. The van der Waals surface area contributed by atoms with E-state index in [-0.39, 0.29) is 32.8 Å². The van der Waals surface area contributed by atoms with E-state index in [0.29, 0.717) is 18.8 Å². The molecule has 0 radical (unpaired) electrons. The van der Waals surface area contributed by atoms with Crippen molar-refractivity contribution in [3.63, 3.8) is 0 Å². The van der Waals surface area contributed by atoms with E-state index in [1.165, 1.54) is 44.5 Å². The molecular weight excluding hydrogens is 430 g/mol. The fraction of sp³-hybridized carbons (Fsp3) is 0.526. The van der Waals surface area contributed by atoms with Gasteiger partial charge in [-0.1, -0.05) is 6.92 Å². The highest BCUT2D eigenvalue weighted by atomic mass is 32.2. The van der Waals surface area contributed by atoms with Crippen LogP contribution in [0.25, 0.3) is 0 Å². The van der Waals surface area contributed by atoms with Crippen LogP contribution in [0.3, 0.4) is 0 Å². The lowest BCUT2D eigenvalue weighted by Gasteiger charge is -2.30. The molecular formula is C19H27N3O6S2. The van der Waals surface area contributed by atoms with Crippen molar-refractivity contribution < 1.29 is 26.3 Å². The summed E-state index contributed by atoms with van der Waals surface area (Å²) < 4.78 is 65.9. The van der Waals surface area contributed by atoms with Gasteiger partial charge in [0.1, 0.15) is 21.3 Å². The second-order valence-corrected chi connectivity index (χ2v) is 11.1. The molecule has 0 spiro atoms. The van der Waals surface area contributed by atoms with Crippen molar-refractivity contribution in [3.05, 3.63) is 29.6 Å². The van der Waals surface area contributed by atoms with Crippen LogP contribution in [0.2, 0.25) is 0 Å². The lowest BCUT2D eigenvalue weighted by molar-refractivity contribution is 0.281. The van der Waals surface area contributed by atoms with E-state index in [0.717, 1.165) is 16.9 Å². The minimum Gasteiger partial charge on any atom is -0.497 e. The summed E-state index contributed by atoms with van der Waals surface area (Å²) in [6.45, 7) is 5.77. The molecule has 2 heterocycles. The minimum atomic E-state index is -4.23. The molecule has 9 nitrogen and oxygen atoms in total. The van der Waals surface area contributed by atoms with Crippen molar-refractivity contribution in [1.29, 1.82) is 0 Å². The van der Waals surface area contributed by atoms with Crippen LogP contribution in [-0.2, 0) is 20.0 Å². The van der Waals surface area contributed by atoms with E-state index >= 15 is 0 Å². The van der Waals surface area contributed by atoms with Crippen molar-refractivity contribution >= 4 is 20.0 Å². The Labute approximate surface area is 177 Å². The summed E-state index contributed by atoms with van der Waals surface area (Å²) in [5.41, 5.74) is 0.173. The number of benzene rings is 1. The fourth-order valence-electron chi connectivity index (χ4n) is 3.79. The number of aryl methyl sites for hydroxylation is 1. The minimum absolute atomic E-state index is 0.0376. The van der Waals surface area contributed by atoms with E-state index in [1.54, 1.807) is 6.07 Å². The van der Waals surface area contributed by atoms with Gasteiger partial charge in [0.25, 0.3) is 10.0 Å². The number of methoxy groups -OCH3 is 2. The van der Waals surface area contributed by atoms with E-state index < -0.39 is 20.0 Å².